The Kier molecular flexibility index (Phi) is 4.40. The van der Waals surface area contributed by atoms with E-state index in [1.165, 1.54) is 12.1 Å². The van der Waals surface area contributed by atoms with Gasteiger partial charge in [0.05, 0.1) is 6.04 Å². The highest BCUT2D eigenvalue weighted by molar-refractivity contribution is 6.34. The molecule has 0 bridgehead atoms. The molecule has 0 aliphatic rings. The summed E-state index contributed by atoms with van der Waals surface area (Å²) >= 11 is 11.9. The SMILES string of the molecule is CNC(c1cc(Cl)cc(Cl)c1)c1ccc(F)cc1F. The van der Waals surface area contributed by atoms with Crippen LogP contribution in [0.3, 0.4) is 0 Å². The summed E-state index contributed by atoms with van der Waals surface area (Å²) in [6.45, 7) is 0. The van der Waals surface area contributed by atoms with E-state index in [0.29, 0.717) is 21.2 Å². The molecule has 0 aromatic heterocycles. The van der Waals surface area contributed by atoms with Crippen LogP contribution < -0.4 is 5.32 Å². The molecule has 2 aromatic rings. The van der Waals surface area contributed by atoms with E-state index in [1.807, 2.05) is 0 Å². The number of hydrogen-bond acceptors (Lipinski definition) is 1. The van der Waals surface area contributed by atoms with Gasteiger partial charge in [-0.1, -0.05) is 29.3 Å². The van der Waals surface area contributed by atoms with E-state index in [4.69, 9.17) is 23.2 Å². The monoisotopic (exact) mass is 301 g/mol. The first kappa shape index (κ1) is 14.3. The van der Waals surface area contributed by atoms with Crippen LogP contribution in [-0.2, 0) is 0 Å². The summed E-state index contributed by atoms with van der Waals surface area (Å²) < 4.78 is 26.8. The first-order valence-corrected chi connectivity index (χ1v) is 6.35. The van der Waals surface area contributed by atoms with E-state index in [-0.39, 0.29) is 0 Å². The fourth-order valence-corrected chi connectivity index (χ4v) is 2.52. The van der Waals surface area contributed by atoms with Crippen molar-refractivity contribution in [3.63, 3.8) is 0 Å². The molecule has 1 N–H and O–H groups in total. The van der Waals surface area contributed by atoms with E-state index >= 15 is 0 Å². The van der Waals surface area contributed by atoms with Crippen molar-refractivity contribution in [3.8, 4) is 0 Å². The maximum Gasteiger partial charge on any atom is 0.131 e. The van der Waals surface area contributed by atoms with Gasteiger partial charge in [0.15, 0.2) is 0 Å². The van der Waals surface area contributed by atoms with E-state index in [1.54, 1.807) is 25.2 Å². The smallest absolute Gasteiger partial charge is 0.131 e. The predicted octanol–water partition coefficient (Wildman–Crippen LogP) is 4.58. The van der Waals surface area contributed by atoms with Crippen molar-refractivity contribution in [1.29, 1.82) is 0 Å². The highest BCUT2D eigenvalue weighted by Crippen LogP contribution is 2.29. The Labute approximate surface area is 120 Å². The summed E-state index contributed by atoms with van der Waals surface area (Å²) in [6.07, 6.45) is 0. The topological polar surface area (TPSA) is 12.0 Å². The minimum absolute atomic E-state index is 0.335. The van der Waals surface area contributed by atoms with Crippen molar-refractivity contribution in [3.05, 3.63) is 69.2 Å². The summed E-state index contributed by atoms with van der Waals surface area (Å²) in [7, 11) is 1.68. The molecular formula is C14H11Cl2F2N. The van der Waals surface area contributed by atoms with Crippen LogP contribution >= 0.6 is 23.2 Å². The second kappa shape index (κ2) is 5.87. The summed E-state index contributed by atoms with van der Waals surface area (Å²) in [5.41, 5.74) is 1.05. The molecule has 2 rings (SSSR count). The number of halogens is 4. The lowest BCUT2D eigenvalue weighted by Gasteiger charge is -2.18. The summed E-state index contributed by atoms with van der Waals surface area (Å²) in [5.74, 6) is -1.23. The standard InChI is InChI=1S/C14H11Cl2F2N/c1-19-14(8-4-9(15)6-10(16)5-8)12-3-2-11(17)7-13(12)18/h2-7,14,19H,1H3. The van der Waals surface area contributed by atoms with Crippen molar-refractivity contribution < 1.29 is 8.78 Å². The van der Waals surface area contributed by atoms with Gasteiger partial charge in [0.2, 0.25) is 0 Å². The van der Waals surface area contributed by atoms with Gasteiger partial charge in [0, 0.05) is 21.7 Å². The Balaban J connectivity index is 2.49. The van der Waals surface area contributed by atoms with Crippen molar-refractivity contribution >= 4 is 23.2 Å². The highest BCUT2D eigenvalue weighted by Gasteiger charge is 2.17. The second-order valence-corrected chi connectivity index (χ2v) is 4.96. The molecule has 0 fully saturated rings. The van der Waals surface area contributed by atoms with E-state index < -0.39 is 17.7 Å². The number of hydrogen-bond donors (Lipinski definition) is 1. The molecule has 1 unspecified atom stereocenters. The normalized spacial score (nSPS) is 12.5. The molecule has 0 aliphatic heterocycles. The average molecular weight is 302 g/mol. The third-order valence-corrected chi connectivity index (χ3v) is 3.22. The molecule has 0 saturated carbocycles. The Morgan fingerprint density at radius 1 is 1.00 bits per heavy atom. The Bertz CT molecular complexity index is 582. The lowest BCUT2D eigenvalue weighted by Crippen LogP contribution is -2.19. The van der Waals surface area contributed by atoms with Gasteiger partial charge in [-0.15, -0.1) is 0 Å². The molecule has 5 heteroatoms. The first-order chi connectivity index (χ1) is 9.01. The molecule has 2 aromatic carbocycles. The molecule has 0 heterocycles. The third-order valence-electron chi connectivity index (χ3n) is 2.78. The Morgan fingerprint density at radius 2 is 1.63 bits per heavy atom. The van der Waals surface area contributed by atoms with Crippen LogP contribution in [0, 0.1) is 11.6 Å². The quantitative estimate of drug-likeness (QED) is 0.875. The maximum atomic E-state index is 13.8. The number of rotatable bonds is 3. The lowest BCUT2D eigenvalue weighted by molar-refractivity contribution is 0.552. The van der Waals surface area contributed by atoms with Crippen LogP contribution in [0.2, 0.25) is 10.0 Å². The van der Waals surface area contributed by atoms with Gasteiger partial charge in [-0.2, -0.15) is 0 Å². The fraction of sp³-hybridized carbons (Fsp3) is 0.143. The van der Waals surface area contributed by atoms with E-state index in [9.17, 15) is 8.78 Å². The zero-order valence-corrected chi connectivity index (χ0v) is 11.6. The van der Waals surface area contributed by atoms with Crippen LogP contribution in [-0.4, -0.2) is 7.05 Å². The number of benzene rings is 2. The van der Waals surface area contributed by atoms with Crippen LogP contribution in [0.5, 0.6) is 0 Å². The average Bonchev–Trinajstić information content (AvgIpc) is 2.31. The summed E-state index contributed by atoms with van der Waals surface area (Å²) in [4.78, 5) is 0. The molecule has 0 aliphatic carbocycles. The first-order valence-electron chi connectivity index (χ1n) is 5.59. The molecule has 100 valence electrons. The van der Waals surface area contributed by atoms with E-state index in [0.717, 1.165) is 6.07 Å². The van der Waals surface area contributed by atoms with Gasteiger partial charge < -0.3 is 5.32 Å². The molecule has 0 amide bonds. The fourth-order valence-electron chi connectivity index (χ4n) is 1.98. The van der Waals surface area contributed by atoms with E-state index in [2.05, 4.69) is 5.32 Å². The van der Waals surface area contributed by atoms with Gasteiger partial charge in [-0.05, 0) is 36.9 Å². The van der Waals surface area contributed by atoms with Crippen LogP contribution in [0.25, 0.3) is 0 Å². The predicted molar refractivity (Wildman–Crippen MR) is 73.7 cm³/mol. The second-order valence-electron chi connectivity index (χ2n) is 4.09. The zero-order valence-electron chi connectivity index (χ0n) is 10.1. The molecule has 0 radical (unpaired) electrons. The van der Waals surface area contributed by atoms with Gasteiger partial charge in [-0.3, -0.25) is 0 Å². The molecule has 19 heavy (non-hydrogen) atoms. The van der Waals surface area contributed by atoms with Crippen LogP contribution in [0.4, 0.5) is 8.78 Å². The lowest BCUT2D eigenvalue weighted by atomic mass is 9.98. The molecule has 1 nitrogen and oxygen atoms in total. The highest BCUT2D eigenvalue weighted by atomic mass is 35.5. The van der Waals surface area contributed by atoms with Gasteiger partial charge >= 0.3 is 0 Å². The minimum atomic E-state index is -0.615. The van der Waals surface area contributed by atoms with Crippen molar-refractivity contribution in [2.75, 3.05) is 7.05 Å². The summed E-state index contributed by atoms with van der Waals surface area (Å²) in [6, 6.07) is 8.01. The molecule has 0 saturated heterocycles. The van der Waals surface area contributed by atoms with Crippen LogP contribution in [0.1, 0.15) is 17.2 Å². The maximum absolute atomic E-state index is 13.8. The zero-order chi connectivity index (χ0) is 14.0. The Hall–Kier alpha value is -1.16. The third kappa shape index (κ3) is 3.24. The minimum Gasteiger partial charge on any atom is -0.309 e. The van der Waals surface area contributed by atoms with Crippen LogP contribution in [0.15, 0.2) is 36.4 Å². The van der Waals surface area contributed by atoms with Crippen molar-refractivity contribution in [2.24, 2.45) is 0 Å². The van der Waals surface area contributed by atoms with Crippen molar-refractivity contribution in [2.45, 2.75) is 6.04 Å². The summed E-state index contributed by atoms with van der Waals surface area (Å²) in [5, 5.41) is 3.90. The molecule has 0 spiro atoms. The van der Waals surface area contributed by atoms with Crippen molar-refractivity contribution in [1.82, 2.24) is 5.32 Å². The van der Waals surface area contributed by atoms with Gasteiger partial charge in [0.1, 0.15) is 11.6 Å². The van der Waals surface area contributed by atoms with Gasteiger partial charge in [-0.25, -0.2) is 8.78 Å². The number of nitrogens with one attached hydrogen (secondary N) is 1. The molecule has 1 atom stereocenters. The Morgan fingerprint density at radius 3 is 2.16 bits per heavy atom. The van der Waals surface area contributed by atoms with Gasteiger partial charge in [0.25, 0.3) is 0 Å². The molecular weight excluding hydrogens is 291 g/mol. The largest absolute Gasteiger partial charge is 0.309 e.